The van der Waals surface area contributed by atoms with Crippen LogP contribution in [-0.4, -0.2) is 24.2 Å². The number of hydrogen-bond acceptors (Lipinski definition) is 2. The number of benzene rings is 1. The van der Waals surface area contributed by atoms with Crippen LogP contribution in [0, 0.1) is 5.82 Å². The van der Waals surface area contributed by atoms with Crippen molar-refractivity contribution >= 4 is 11.7 Å². The maximum Gasteiger partial charge on any atom is 0.337 e. The van der Waals surface area contributed by atoms with Gasteiger partial charge in [0, 0.05) is 13.1 Å². The molecule has 0 atom stereocenters. The Morgan fingerprint density at radius 1 is 1.41 bits per heavy atom. The van der Waals surface area contributed by atoms with Gasteiger partial charge in [-0.15, -0.1) is 0 Å². The first kappa shape index (κ1) is 11.9. The monoisotopic (exact) mass is 237 g/mol. The Balaban J connectivity index is 2.38. The molecule has 17 heavy (non-hydrogen) atoms. The number of para-hydroxylation sites is 1. The van der Waals surface area contributed by atoms with Crippen LogP contribution in [-0.2, 0) is 0 Å². The average molecular weight is 237 g/mol. The number of halogens is 1. The first-order valence-electron chi connectivity index (χ1n) is 5.86. The summed E-state index contributed by atoms with van der Waals surface area (Å²) in [5.74, 6) is -1.54. The van der Waals surface area contributed by atoms with Crippen molar-refractivity contribution in [2.75, 3.05) is 11.9 Å². The van der Waals surface area contributed by atoms with Crippen LogP contribution in [0.2, 0.25) is 0 Å². The van der Waals surface area contributed by atoms with Gasteiger partial charge in [-0.1, -0.05) is 18.9 Å². The van der Waals surface area contributed by atoms with Crippen LogP contribution in [0.25, 0.3) is 0 Å². The molecule has 0 amide bonds. The minimum atomic E-state index is -1.08. The highest BCUT2D eigenvalue weighted by Crippen LogP contribution is 2.31. The lowest BCUT2D eigenvalue weighted by atomic mass is 10.1. The number of hydrogen-bond donors (Lipinski definition) is 1. The van der Waals surface area contributed by atoms with Crippen molar-refractivity contribution in [1.82, 2.24) is 0 Å². The number of rotatable bonds is 3. The Bertz CT molecular complexity index is 427. The third kappa shape index (κ3) is 2.25. The molecule has 1 fully saturated rings. The fourth-order valence-corrected chi connectivity index (χ4v) is 2.52. The molecule has 2 rings (SSSR count). The Morgan fingerprint density at radius 3 is 2.65 bits per heavy atom. The second-order valence-electron chi connectivity index (χ2n) is 4.49. The summed E-state index contributed by atoms with van der Waals surface area (Å²) in [5, 5.41) is 9.09. The van der Waals surface area contributed by atoms with Crippen LogP contribution >= 0.6 is 0 Å². The minimum absolute atomic E-state index is 0.0411. The summed E-state index contributed by atoms with van der Waals surface area (Å²) < 4.78 is 13.8. The summed E-state index contributed by atoms with van der Waals surface area (Å²) in [6.07, 6.45) is 4.27. The largest absolute Gasteiger partial charge is 0.478 e. The number of carboxylic acids is 1. The van der Waals surface area contributed by atoms with Gasteiger partial charge in [-0.05, 0) is 25.0 Å². The van der Waals surface area contributed by atoms with Crippen LogP contribution in [0.5, 0.6) is 0 Å². The molecule has 0 saturated heterocycles. The van der Waals surface area contributed by atoms with Crippen LogP contribution in [0.4, 0.5) is 10.1 Å². The molecule has 0 aromatic heterocycles. The highest BCUT2D eigenvalue weighted by molar-refractivity contribution is 5.94. The van der Waals surface area contributed by atoms with Gasteiger partial charge in [0.15, 0.2) is 0 Å². The predicted molar refractivity (Wildman–Crippen MR) is 64.0 cm³/mol. The average Bonchev–Trinajstić information content (AvgIpc) is 2.81. The number of nitrogens with zero attached hydrogens (tertiary/aromatic N) is 1. The van der Waals surface area contributed by atoms with Crippen LogP contribution in [0.3, 0.4) is 0 Å². The van der Waals surface area contributed by atoms with Crippen LogP contribution < -0.4 is 4.90 Å². The van der Waals surface area contributed by atoms with Crippen LogP contribution in [0.1, 0.15) is 36.0 Å². The van der Waals surface area contributed by atoms with Gasteiger partial charge in [0.25, 0.3) is 0 Å². The smallest absolute Gasteiger partial charge is 0.337 e. The van der Waals surface area contributed by atoms with E-state index < -0.39 is 11.8 Å². The molecule has 1 aromatic carbocycles. The second-order valence-corrected chi connectivity index (χ2v) is 4.49. The lowest BCUT2D eigenvalue weighted by molar-refractivity contribution is 0.0697. The minimum Gasteiger partial charge on any atom is -0.478 e. The van der Waals surface area contributed by atoms with Crippen molar-refractivity contribution in [3.63, 3.8) is 0 Å². The molecule has 1 aromatic rings. The number of anilines is 1. The zero-order valence-corrected chi connectivity index (χ0v) is 9.82. The molecule has 92 valence electrons. The number of carbonyl (C=O) groups is 1. The van der Waals surface area contributed by atoms with Crippen molar-refractivity contribution in [3.8, 4) is 0 Å². The summed E-state index contributed by atoms with van der Waals surface area (Å²) in [4.78, 5) is 12.9. The number of aromatic carboxylic acids is 1. The standard InChI is InChI=1S/C13H16FNO2/c1-15(9-5-2-3-6-9)12-10(13(16)17)7-4-8-11(12)14/h4,7-9H,2-3,5-6H2,1H3,(H,16,17). The summed E-state index contributed by atoms with van der Waals surface area (Å²) in [6, 6.07) is 4.45. The number of carboxylic acid groups (broad SMARTS) is 1. The normalized spacial score (nSPS) is 16.1. The summed E-state index contributed by atoms with van der Waals surface area (Å²) >= 11 is 0. The molecular formula is C13H16FNO2. The van der Waals surface area contributed by atoms with Gasteiger partial charge < -0.3 is 10.0 Å². The predicted octanol–water partition coefficient (Wildman–Crippen LogP) is 2.90. The molecular weight excluding hydrogens is 221 g/mol. The van der Waals surface area contributed by atoms with Gasteiger partial charge >= 0.3 is 5.97 Å². The Morgan fingerprint density at radius 2 is 2.06 bits per heavy atom. The lowest BCUT2D eigenvalue weighted by Crippen LogP contribution is -2.31. The van der Waals surface area contributed by atoms with E-state index in [1.54, 1.807) is 11.9 Å². The van der Waals surface area contributed by atoms with Gasteiger partial charge in [0.1, 0.15) is 5.82 Å². The molecule has 1 aliphatic rings. The van der Waals surface area contributed by atoms with Crippen molar-refractivity contribution in [1.29, 1.82) is 0 Å². The maximum absolute atomic E-state index is 13.8. The highest BCUT2D eigenvalue weighted by atomic mass is 19.1. The molecule has 0 aliphatic heterocycles. The molecule has 0 radical (unpaired) electrons. The quantitative estimate of drug-likeness (QED) is 0.878. The van der Waals surface area contributed by atoms with E-state index >= 15 is 0 Å². The fourth-order valence-electron chi connectivity index (χ4n) is 2.52. The molecule has 0 heterocycles. The van der Waals surface area contributed by atoms with Crippen molar-refractivity contribution in [2.45, 2.75) is 31.7 Å². The van der Waals surface area contributed by atoms with Gasteiger partial charge in [-0.25, -0.2) is 9.18 Å². The molecule has 1 saturated carbocycles. The summed E-state index contributed by atoms with van der Waals surface area (Å²) in [7, 11) is 1.78. The van der Waals surface area contributed by atoms with E-state index in [1.165, 1.54) is 18.2 Å². The molecule has 0 spiro atoms. The Hall–Kier alpha value is -1.58. The topological polar surface area (TPSA) is 40.5 Å². The zero-order valence-electron chi connectivity index (χ0n) is 9.82. The molecule has 1 aliphatic carbocycles. The first-order valence-corrected chi connectivity index (χ1v) is 5.86. The highest BCUT2D eigenvalue weighted by Gasteiger charge is 2.25. The van der Waals surface area contributed by atoms with E-state index in [1.807, 2.05) is 0 Å². The van der Waals surface area contributed by atoms with E-state index in [0.717, 1.165) is 25.7 Å². The second kappa shape index (κ2) is 4.73. The third-order valence-electron chi connectivity index (χ3n) is 3.44. The fraction of sp³-hybridized carbons (Fsp3) is 0.462. The third-order valence-corrected chi connectivity index (χ3v) is 3.44. The maximum atomic E-state index is 13.8. The van der Waals surface area contributed by atoms with Gasteiger partial charge in [-0.3, -0.25) is 0 Å². The Kier molecular flexibility index (Phi) is 3.31. The molecule has 0 bridgehead atoms. The molecule has 1 N–H and O–H groups in total. The van der Waals surface area contributed by atoms with Gasteiger partial charge in [0.2, 0.25) is 0 Å². The SMILES string of the molecule is CN(c1c(F)cccc1C(=O)O)C1CCCC1. The van der Waals surface area contributed by atoms with E-state index in [9.17, 15) is 9.18 Å². The van der Waals surface area contributed by atoms with Gasteiger partial charge in [0.05, 0.1) is 11.3 Å². The van der Waals surface area contributed by atoms with Crippen molar-refractivity contribution in [3.05, 3.63) is 29.6 Å². The van der Waals surface area contributed by atoms with Gasteiger partial charge in [-0.2, -0.15) is 0 Å². The first-order chi connectivity index (χ1) is 8.11. The Labute approximate surface area is 99.9 Å². The summed E-state index contributed by atoms with van der Waals surface area (Å²) in [6.45, 7) is 0. The van der Waals surface area contributed by atoms with Crippen molar-refractivity contribution in [2.24, 2.45) is 0 Å². The molecule has 3 nitrogen and oxygen atoms in total. The van der Waals surface area contributed by atoms with E-state index in [2.05, 4.69) is 0 Å². The summed E-state index contributed by atoms with van der Waals surface area (Å²) in [5.41, 5.74) is 0.256. The zero-order chi connectivity index (χ0) is 12.4. The molecule has 0 unspecified atom stereocenters. The van der Waals surface area contributed by atoms with E-state index in [4.69, 9.17) is 5.11 Å². The van der Waals surface area contributed by atoms with E-state index in [-0.39, 0.29) is 17.3 Å². The van der Waals surface area contributed by atoms with Crippen LogP contribution in [0.15, 0.2) is 18.2 Å². The van der Waals surface area contributed by atoms with E-state index in [0.29, 0.717) is 0 Å². The lowest BCUT2D eigenvalue weighted by Gasteiger charge is -2.28. The molecule has 4 heteroatoms. The van der Waals surface area contributed by atoms with Crippen molar-refractivity contribution < 1.29 is 14.3 Å².